The highest BCUT2D eigenvalue weighted by atomic mass is 16.6. The van der Waals surface area contributed by atoms with E-state index < -0.39 is 36.1 Å². The smallest absolute Gasteiger partial charge is 0.408 e. The molecule has 110 valence electrons. The van der Waals surface area contributed by atoms with Crippen molar-refractivity contribution >= 4 is 18.0 Å². The Bertz CT molecular complexity index is 334. The number of carboxylic acid groups (broad SMARTS) is 1. The number of hydrogen-bond donors (Lipinski definition) is 3. The Hall–Kier alpha value is -1.83. The number of nitrogens with one attached hydrogen (secondary N) is 1. The molecule has 0 saturated heterocycles. The van der Waals surface area contributed by atoms with Crippen LogP contribution in [0.25, 0.3) is 0 Å². The predicted molar refractivity (Wildman–Crippen MR) is 63.4 cm³/mol. The van der Waals surface area contributed by atoms with E-state index >= 15 is 0 Å². The van der Waals surface area contributed by atoms with Gasteiger partial charge in [-0.2, -0.15) is 0 Å². The van der Waals surface area contributed by atoms with Crippen LogP contribution in [0, 0.1) is 5.41 Å². The van der Waals surface area contributed by atoms with E-state index in [4.69, 9.17) is 14.9 Å². The molecule has 0 aliphatic heterocycles. The van der Waals surface area contributed by atoms with Gasteiger partial charge in [0.2, 0.25) is 0 Å². The molecular weight excluding hydrogens is 258 g/mol. The third kappa shape index (κ3) is 7.24. The van der Waals surface area contributed by atoms with Crippen molar-refractivity contribution in [3.63, 3.8) is 0 Å². The second-order valence-corrected chi connectivity index (χ2v) is 4.74. The van der Waals surface area contributed by atoms with Crippen LogP contribution in [0.5, 0.6) is 0 Å². The number of aliphatic carboxylic acids is 1. The number of aliphatic hydroxyl groups is 1. The first-order valence-electron chi connectivity index (χ1n) is 5.62. The van der Waals surface area contributed by atoms with Gasteiger partial charge in [-0.05, 0) is 20.8 Å². The summed E-state index contributed by atoms with van der Waals surface area (Å²) in [4.78, 5) is 32.9. The third-order valence-corrected chi connectivity index (χ3v) is 1.93. The molecule has 0 aromatic carbocycles. The van der Waals surface area contributed by atoms with Gasteiger partial charge in [0.1, 0.15) is 13.2 Å². The normalized spacial score (nSPS) is 12.4. The molecule has 1 atom stereocenters. The lowest BCUT2D eigenvalue weighted by Gasteiger charge is -2.16. The van der Waals surface area contributed by atoms with E-state index in [1.807, 2.05) is 5.32 Å². The number of alkyl carbamates (subject to hydrolysis) is 1. The van der Waals surface area contributed by atoms with Crippen LogP contribution >= 0.6 is 0 Å². The maximum atomic E-state index is 11.3. The zero-order chi connectivity index (χ0) is 15.1. The fraction of sp³-hybridized carbons (Fsp3) is 0.727. The molecule has 1 amide bonds. The van der Waals surface area contributed by atoms with Crippen molar-refractivity contribution in [1.29, 1.82) is 0 Å². The van der Waals surface area contributed by atoms with E-state index in [0.29, 0.717) is 0 Å². The Morgan fingerprint density at radius 2 is 1.68 bits per heavy atom. The standard InChI is InChI=1S/C11H19NO7/c1-11(2,3)9(16)18-4-5-19-10(17)12-7(6-13)8(14)15/h7,13H,4-6H2,1-3H3,(H,12,17)(H,14,15)/t7-/m1/s1. The maximum absolute atomic E-state index is 11.3. The fourth-order valence-electron chi connectivity index (χ4n) is 0.855. The van der Waals surface area contributed by atoms with Crippen LogP contribution in [0.3, 0.4) is 0 Å². The molecule has 0 spiro atoms. The van der Waals surface area contributed by atoms with E-state index in [0.717, 1.165) is 0 Å². The monoisotopic (exact) mass is 277 g/mol. The Balaban J connectivity index is 3.87. The van der Waals surface area contributed by atoms with Gasteiger partial charge < -0.3 is 25.0 Å². The van der Waals surface area contributed by atoms with Crippen molar-refractivity contribution in [3.05, 3.63) is 0 Å². The van der Waals surface area contributed by atoms with Gasteiger partial charge in [0, 0.05) is 0 Å². The molecule has 0 fully saturated rings. The van der Waals surface area contributed by atoms with Crippen molar-refractivity contribution in [1.82, 2.24) is 5.32 Å². The summed E-state index contributed by atoms with van der Waals surface area (Å²) in [5, 5.41) is 19.1. The molecule has 8 nitrogen and oxygen atoms in total. The molecule has 0 radical (unpaired) electrons. The average molecular weight is 277 g/mol. The molecule has 3 N–H and O–H groups in total. The number of amides is 1. The zero-order valence-corrected chi connectivity index (χ0v) is 11.1. The Kier molecular flexibility index (Phi) is 6.84. The number of hydrogen-bond acceptors (Lipinski definition) is 6. The Labute approximate surface area is 110 Å². The minimum absolute atomic E-state index is 0.125. The van der Waals surface area contributed by atoms with Gasteiger partial charge in [-0.15, -0.1) is 0 Å². The van der Waals surface area contributed by atoms with Gasteiger partial charge in [-0.25, -0.2) is 9.59 Å². The summed E-state index contributed by atoms with van der Waals surface area (Å²) in [6.45, 7) is 3.97. The molecule has 0 aromatic heterocycles. The van der Waals surface area contributed by atoms with E-state index in [1.165, 1.54) is 0 Å². The van der Waals surface area contributed by atoms with Gasteiger partial charge in [-0.1, -0.05) is 0 Å². The summed E-state index contributed by atoms with van der Waals surface area (Å²) in [6.07, 6.45) is -1.01. The highest BCUT2D eigenvalue weighted by molar-refractivity contribution is 5.80. The second kappa shape index (κ2) is 7.57. The third-order valence-electron chi connectivity index (χ3n) is 1.93. The summed E-state index contributed by atoms with van der Waals surface area (Å²) in [7, 11) is 0. The van der Waals surface area contributed by atoms with Crippen LogP contribution in [0.4, 0.5) is 4.79 Å². The van der Waals surface area contributed by atoms with Crippen molar-refractivity contribution in [2.24, 2.45) is 5.41 Å². The molecule has 0 rings (SSSR count). The van der Waals surface area contributed by atoms with Gasteiger partial charge in [-0.3, -0.25) is 4.79 Å². The lowest BCUT2D eigenvalue weighted by atomic mass is 9.97. The Morgan fingerprint density at radius 1 is 1.16 bits per heavy atom. The first-order valence-corrected chi connectivity index (χ1v) is 5.62. The summed E-state index contributed by atoms with van der Waals surface area (Å²) in [5.41, 5.74) is -0.645. The number of carboxylic acids is 1. The van der Waals surface area contributed by atoms with Crippen LogP contribution in [0.2, 0.25) is 0 Å². The van der Waals surface area contributed by atoms with E-state index in [9.17, 15) is 14.4 Å². The minimum Gasteiger partial charge on any atom is -0.480 e. The molecule has 0 aliphatic rings. The highest BCUT2D eigenvalue weighted by Gasteiger charge is 2.23. The topological polar surface area (TPSA) is 122 Å². The quantitative estimate of drug-likeness (QED) is 0.452. The molecule has 0 aromatic rings. The predicted octanol–water partition coefficient (Wildman–Crippen LogP) is -0.253. The Morgan fingerprint density at radius 3 is 2.11 bits per heavy atom. The average Bonchev–Trinajstić information content (AvgIpc) is 2.29. The van der Waals surface area contributed by atoms with E-state index in [-0.39, 0.29) is 13.2 Å². The maximum Gasteiger partial charge on any atom is 0.408 e. The van der Waals surface area contributed by atoms with Crippen molar-refractivity contribution in [2.45, 2.75) is 26.8 Å². The van der Waals surface area contributed by atoms with Crippen molar-refractivity contribution in [3.8, 4) is 0 Å². The van der Waals surface area contributed by atoms with Crippen molar-refractivity contribution < 1.29 is 34.1 Å². The number of carbonyl (C=O) groups is 3. The summed E-state index contributed by atoms with van der Waals surface area (Å²) in [5.74, 6) is -1.81. The van der Waals surface area contributed by atoms with E-state index in [2.05, 4.69) is 4.74 Å². The molecule has 19 heavy (non-hydrogen) atoms. The summed E-state index contributed by atoms with van der Waals surface area (Å²) in [6, 6.07) is -1.43. The minimum atomic E-state index is -1.43. The lowest BCUT2D eigenvalue weighted by molar-refractivity contribution is -0.153. The molecule has 0 aliphatic carbocycles. The van der Waals surface area contributed by atoms with Crippen LogP contribution in [-0.2, 0) is 19.1 Å². The molecule has 8 heteroatoms. The largest absolute Gasteiger partial charge is 0.480 e. The number of aliphatic hydroxyl groups excluding tert-OH is 1. The van der Waals surface area contributed by atoms with Crippen LogP contribution in [0.1, 0.15) is 20.8 Å². The van der Waals surface area contributed by atoms with E-state index in [1.54, 1.807) is 20.8 Å². The fourth-order valence-corrected chi connectivity index (χ4v) is 0.855. The second-order valence-electron chi connectivity index (χ2n) is 4.74. The first kappa shape index (κ1) is 17.2. The van der Waals surface area contributed by atoms with Gasteiger partial charge in [0.15, 0.2) is 6.04 Å². The number of ether oxygens (including phenoxy) is 2. The van der Waals surface area contributed by atoms with Gasteiger partial charge >= 0.3 is 18.0 Å². The zero-order valence-electron chi connectivity index (χ0n) is 11.1. The highest BCUT2D eigenvalue weighted by Crippen LogP contribution is 2.14. The lowest BCUT2D eigenvalue weighted by Crippen LogP contribution is -2.43. The molecule has 0 bridgehead atoms. The number of rotatable bonds is 6. The summed E-state index contributed by atoms with van der Waals surface area (Å²) < 4.78 is 9.41. The van der Waals surface area contributed by atoms with Crippen LogP contribution in [0.15, 0.2) is 0 Å². The molecule has 0 saturated carbocycles. The first-order chi connectivity index (χ1) is 8.68. The molecule has 0 heterocycles. The van der Waals surface area contributed by atoms with Crippen LogP contribution in [-0.4, -0.2) is 54.1 Å². The summed E-state index contributed by atoms with van der Waals surface area (Å²) >= 11 is 0. The SMILES string of the molecule is CC(C)(C)C(=O)OCCOC(=O)N[C@H](CO)C(=O)O. The molecular formula is C11H19NO7. The van der Waals surface area contributed by atoms with Gasteiger partial charge in [0.05, 0.1) is 12.0 Å². The van der Waals surface area contributed by atoms with Crippen LogP contribution < -0.4 is 5.32 Å². The number of esters is 1. The van der Waals surface area contributed by atoms with Crippen molar-refractivity contribution in [2.75, 3.05) is 19.8 Å². The van der Waals surface area contributed by atoms with Gasteiger partial charge in [0.25, 0.3) is 0 Å². The molecule has 0 unspecified atom stereocenters. The number of carbonyl (C=O) groups excluding carboxylic acids is 2.